The molecule has 1 aromatic carbocycles. The molecule has 18 heavy (non-hydrogen) atoms. The van der Waals surface area contributed by atoms with Crippen molar-refractivity contribution < 1.29 is 9.53 Å². The third-order valence-corrected chi connectivity index (χ3v) is 4.00. The lowest BCUT2D eigenvalue weighted by Gasteiger charge is -2.20. The summed E-state index contributed by atoms with van der Waals surface area (Å²) in [5.41, 5.74) is 6.85. The molecule has 0 heterocycles. The highest BCUT2D eigenvalue weighted by molar-refractivity contribution is 9.10. The van der Waals surface area contributed by atoms with Crippen molar-refractivity contribution >= 4 is 27.5 Å². The minimum absolute atomic E-state index is 0.0934. The molecule has 2 atom stereocenters. The van der Waals surface area contributed by atoms with Crippen LogP contribution in [0.15, 0.2) is 22.7 Å². The molecule has 4 nitrogen and oxygen atoms in total. The number of ether oxygens (including phenoxy) is 1. The number of methoxy groups -OCH3 is 1. The molecule has 1 fully saturated rings. The van der Waals surface area contributed by atoms with E-state index in [4.69, 9.17) is 10.5 Å². The number of nitrogen functional groups attached to an aromatic ring is 1. The summed E-state index contributed by atoms with van der Waals surface area (Å²) >= 11 is 3.36. The number of nitrogens with two attached hydrogens (primary N) is 1. The van der Waals surface area contributed by atoms with Crippen molar-refractivity contribution in [3.05, 3.63) is 28.2 Å². The number of halogens is 1. The van der Waals surface area contributed by atoms with E-state index in [0.717, 1.165) is 23.7 Å². The number of nitrogens with one attached hydrogen (secondary N) is 1. The topological polar surface area (TPSA) is 64.3 Å². The van der Waals surface area contributed by atoms with Gasteiger partial charge in [0.15, 0.2) is 0 Å². The normalized spacial score (nSPS) is 23.0. The highest BCUT2D eigenvalue weighted by Gasteiger charge is 2.29. The van der Waals surface area contributed by atoms with Gasteiger partial charge in [-0.25, -0.2) is 0 Å². The molecule has 0 spiro atoms. The van der Waals surface area contributed by atoms with E-state index in [0.29, 0.717) is 11.3 Å². The molecule has 0 aromatic heterocycles. The lowest BCUT2D eigenvalue weighted by Crippen LogP contribution is -2.40. The van der Waals surface area contributed by atoms with Gasteiger partial charge in [0.1, 0.15) is 0 Å². The van der Waals surface area contributed by atoms with Gasteiger partial charge in [-0.2, -0.15) is 0 Å². The Kier molecular flexibility index (Phi) is 4.24. The highest BCUT2D eigenvalue weighted by atomic mass is 79.9. The Balaban J connectivity index is 2.09. The third kappa shape index (κ3) is 2.84. The van der Waals surface area contributed by atoms with Crippen molar-refractivity contribution in [1.82, 2.24) is 5.32 Å². The van der Waals surface area contributed by atoms with E-state index in [9.17, 15) is 4.79 Å². The van der Waals surface area contributed by atoms with E-state index in [2.05, 4.69) is 21.2 Å². The summed E-state index contributed by atoms with van der Waals surface area (Å²) in [6.07, 6.45) is 3.17. The predicted octanol–water partition coefficient (Wildman–Crippen LogP) is 2.33. The first-order valence-electron chi connectivity index (χ1n) is 6.00. The smallest absolute Gasteiger partial charge is 0.252 e. The van der Waals surface area contributed by atoms with Crippen molar-refractivity contribution in [1.29, 1.82) is 0 Å². The zero-order chi connectivity index (χ0) is 13.1. The number of amides is 1. The SMILES string of the molecule is COC1CCCC1NC(=O)c1cc(N)ccc1Br. The van der Waals surface area contributed by atoms with Crippen LogP contribution in [0.25, 0.3) is 0 Å². The van der Waals surface area contributed by atoms with E-state index in [1.165, 1.54) is 0 Å². The Morgan fingerprint density at radius 1 is 1.50 bits per heavy atom. The number of rotatable bonds is 3. The van der Waals surface area contributed by atoms with Gasteiger partial charge in [0.05, 0.1) is 17.7 Å². The Morgan fingerprint density at radius 2 is 2.28 bits per heavy atom. The average Bonchev–Trinajstić information content (AvgIpc) is 2.79. The molecule has 0 saturated heterocycles. The second-order valence-electron chi connectivity index (χ2n) is 4.52. The second-order valence-corrected chi connectivity index (χ2v) is 5.38. The molecular formula is C13H17BrN2O2. The molecule has 0 radical (unpaired) electrons. The summed E-state index contributed by atoms with van der Waals surface area (Å²) in [6, 6.07) is 5.31. The third-order valence-electron chi connectivity index (χ3n) is 3.31. The van der Waals surface area contributed by atoms with Crippen molar-refractivity contribution in [2.24, 2.45) is 0 Å². The standard InChI is InChI=1S/C13H17BrN2O2/c1-18-12-4-2-3-11(12)16-13(17)9-7-8(15)5-6-10(9)14/h5-7,11-12H,2-4,15H2,1H3,(H,16,17). The Hall–Kier alpha value is -1.07. The largest absolute Gasteiger partial charge is 0.399 e. The summed E-state index contributed by atoms with van der Waals surface area (Å²) in [6.45, 7) is 0. The molecule has 1 aromatic rings. The van der Waals surface area contributed by atoms with E-state index < -0.39 is 0 Å². The van der Waals surface area contributed by atoms with Gasteiger partial charge < -0.3 is 15.8 Å². The Labute approximate surface area is 115 Å². The molecule has 0 aliphatic heterocycles. The number of benzene rings is 1. The molecule has 1 amide bonds. The van der Waals surface area contributed by atoms with Crippen LogP contribution < -0.4 is 11.1 Å². The van der Waals surface area contributed by atoms with Gasteiger partial charge >= 0.3 is 0 Å². The lowest BCUT2D eigenvalue weighted by molar-refractivity contribution is 0.0722. The van der Waals surface area contributed by atoms with Gasteiger partial charge in [0, 0.05) is 17.3 Å². The minimum atomic E-state index is -0.108. The molecule has 1 aliphatic carbocycles. The minimum Gasteiger partial charge on any atom is -0.399 e. The van der Waals surface area contributed by atoms with Gasteiger partial charge in [-0.3, -0.25) is 4.79 Å². The van der Waals surface area contributed by atoms with Crippen LogP contribution in [0.4, 0.5) is 5.69 Å². The Bertz CT molecular complexity index is 451. The van der Waals surface area contributed by atoms with Crippen LogP contribution in [0.3, 0.4) is 0 Å². The van der Waals surface area contributed by atoms with Gasteiger partial charge in [0.2, 0.25) is 0 Å². The van der Waals surface area contributed by atoms with Crippen LogP contribution in [0.1, 0.15) is 29.6 Å². The molecule has 5 heteroatoms. The fourth-order valence-electron chi connectivity index (χ4n) is 2.34. The van der Waals surface area contributed by atoms with Crippen LogP contribution in [0.2, 0.25) is 0 Å². The number of hydrogen-bond donors (Lipinski definition) is 2. The van der Waals surface area contributed by atoms with Gasteiger partial charge in [0.25, 0.3) is 5.91 Å². The maximum Gasteiger partial charge on any atom is 0.252 e. The van der Waals surface area contributed by atoms with Crippen LogP contribution in [-0.4, -0.2) is 25.2 Å². The molecule has 0 bridgehead atoms. The van der Waals surface area contributed by atoms with Crippen LogP contribution in [0.5, 0.6) is 0 Å². The molecule has 2 rings (SSSR count). The molecule has 1 saturated carbocycles. The first-order valence-corrected chi connectivity index (χ1v) is 6.80. The summed E-state index contributed by atoms with van der Waals surface area (Å²) in [5, 5.41) is 3.01. The van der Waals surface area contributed by atoms with E-state index >= 15 is 0 Å². The van der Waals surface area contributed by atoms with Gasteiger partial charge in [-0.1, -0.05) is 0 Å². The summed E-state index contributed by atoms with van der Waals surface area (Å²) < 4.78 is 6.11. The lowest BCUT2D eigenvalue weighted by atomic mass is 10.1. The number of carbonyl (C=O) groups is 1. The maximum atomic E-state index is 12.2. The average molecular weight is 313 g/mol. The van der Waals surface area contributed by atoms with E-state index in [1.54, 1.807) is 25.3 Å². The molecule has 1 aliphatic rings. The molecular weight excluding hydrogens is 296 g/mol. The Morgan fingerprint density at radius 3 is 3.00 bits per heavy atom. The predicted molar refractivity (Wildman–Crippen MR) is 74.5 cm³/mol. The quantitative estimate of drug-likeness (QED) is 0.842. The second kappa shape index (κ2) is 5.71. The maximum absolute atomic E-state index is 12.2. The zero-order valence-corrected chi connectivity index (χ0v) is 11.9. The summed E-state index contributed by atoms with van der Waals surface area (Å²) in [4.78, 5) is 12.2. The molecule has 2 unspecified atom stereocenters. The number of anilines is 1. The zero-order valence-electron chi connectivity index (χ0n) is 10.3. The van der Waals surface area contributed by atoms with Gasteiger partial charge in [-0.15, -0.1) is 0 Å². The number of hydrogen-bond acceptors (Lipinski definition) is 3. The fraction of sp³-hybridized carbons (Fsp3) is 0.462. The van der Waals surface area contributed by atoms with Crippen LogP contribution in [-0.2, 0) is 4.74 Å². The van der Waals surface area contributed by atoms with Crippen molar-refractivity contribution in [2.45, 2.75) is 31.4 Å². The van der Waals surface area contributed by atoms with E-state index in [1.807, 2.05) is 0 Å². The fourth-order valence-corrected chi connectivity index (χ4v) is 2.76. The first kappa shape index (κ1) is 13.4. The summed E-state index contributed by atoms with van der Waals surface area (Å²) in [5.74, 6) is -0.108. The van der Waals surface area contributed by atoms with Crippen molar-refractivity contribution in [3.8, 4) is 0 Å². The monoisotopic (exact) mass is 312 g/mol. The van der Waals surface area contributed by atoms with Crippen LogP contribution in [0, 0.1) is 0 Å². The van der Waals surface area contributed by atoms with E-state index in [-0.39, 0.29) is 18.1 Å². The first-order chi connectivity index (χ1) is 8.61. The number of carbonyl (C=O) groups excluding carboxylic acids is 1. The molecule has 3 N–H and O–H groups in total. The summed E-state index contributed by atoms with van der Waals surface area (Å²) in [7, 11) is 1.69. The van der Waals surface area contributed by atoms with Gasteiger partial charge in [-0.05, 0) is 53.4 Å². The highest BCUT2D eigenvalue weighted by Crippen LogP contribution is 2.24. The molecule has 98 valence electrons. The van der Waals surface area contributed by atoms with Crippen LogP contribution >= 0.6 is 15.9 Å². The van der Waals surface area contributed by atoms with Crippen molar-refractivity contribution in [2.75, 3.05) is 12.8 Å². The van der Waals surface area contributed by atoms with Crippen molar-refractivity contribution in [3.63, 3.8) is 0 Å².